The van der Waals surface area contributed by atoms with E-state index in [-0.39, 0.29) is 55.1 Å². The van der Waals surface area contributed by atoms with Gasteiger partial charge in [0.15, 0.2) is 0 Å². The molecule has 0 aliphatic rings. The lowest BCUT2D eigenvalue weighted by atomic mass is 9.96. The zero-order chi connectivity index (χ0) is 49.8. The molecule has 0 saturated heterocycles. The minimum absolute atomic E-state index is 0.0295. The molecule has 67 heavy (non-hydrogen) atoms. The number of nitrogens with one attached hydrogen (secondary N) is 6. The molecule has 22 nitrogen and oxygen atoms in total. The molecule has 0 aliphatic carbocycles. The van der Waals surface area contributed by atoms with Crippen molar-refractivity contribution in [1.29, 1.82) is 0 Å². The highest BCUT2D eigenvalue weighted by Gasteiger charge is 2.35. The van der Waals surface area contributed by atoms with Crippen LogP contribution in [0.5, 0.6) is 5.75 Å². The molecule has 362 valence electrons. The fourth-order valence-electron chi connectivity index (χ4n) is 6.70. The van der Waals surface area contributed by atoms with E-state index in [4.69, 9.17) is 5.73 Å². The molecule has 0 saturated carbocycles. The zero-order valence-corrected chi connectivity index (χ0v) is 38.0. The van der Waals surface area contributed by atoms with Gasteiger partial charge in [0, 0.05) is 56.2 Å². The first-order valence-corrected chi connectivity index (χ1v) is 22.0. The average Bonchev–Trinajstić information content (AvgIpc) is 3.29. The van der Waals surface area contributed by atoms with E-state index in [1.54, 1.807) is 13.8 Å². The molecule has 0 fully saturated rings. The quantitative estimate of drug-likeness (QED) is 0.0223. The highest BCUT2D eigenvalue weighted by Crippen LogP contribution is 2.17. The molecule has 0 radical (unpaired) electrons. The monoisotopic (exact) mass is 951 g/mol. The number of aromatic hydroxyl groups is 1. The highest BCUT2D eigenvalue weighted by molar-refractivity contribution is 7.80. The number of nitro benzene ring substituents is 2. The fraction of sp³-hybridized carbons (Fsp3) is 0.432. The van der Waals surface area contributed by atoms with Crippen molar-refractivity contribution in [2.75, 3.05) is 12.3 Å². The molecule has 3 rings (SSSR count). The zero-order valence-electron chi connectivity index (χ0n) is 37.1. The van der Waals surface area contributed by atoms with E-state index in [2.05, 4.69) is 44.5 Å². The summed E-state index contributed by atoms with van der Waals surface area (Å²) in [5, 5.41) is 57.9. The molecule has 6 amide bonds. The lowest BCUT2D eigenvalue weighted by Gasteiger charge is -2.29. The molecule has 0 bridgehead atoms. The van der Waals surface area contributed by atoms with E-state index < -0.39 is 93.4 Å². The summed E-state index contributed by atoms with van der Waals surface area (Å²) in [5.41, 5.74) is 6.38. The molecule has 3 aromatic rings. The van der Waals surface area contributed by atoms with Gasteiger partial charge in [-0.15, -0.1) is 0 Å². The van der Waals surface area contributed by atoms with Crippen molar-refractivity contribution in [1.82, 2.24) is 31.9 Å². The van der Waals surface area contributed by atoms with Crippen molar-refractivity contribution in [3.63, 3.8) is 0 Å². The number of nitrogens with zero attached hydrogens (tertiary/aromatic N) is 2. The summed E-state index contributed by atoms with van der Waals surface area (Å²) in [5.74, 6) is -6.82. The minimum Gasteiger partial charge on any atom is -0.508 e. The molecule has 0 heterocycles. The number of aliphatic carboxylic acids is 1. The van der Waals surface area contributed by atoms with Gasteiger partial charge in [0.1, 0.15) is 42.0 Å². The SMILES string of the molecule is CCC(C)[C@H](NC(=O)[C@H](CS)NC(C)=O)C(=O)N[C@@H](Cc1ccc(O)cc1)C(=O)N[C@@H](CCCCN)C(=O)N[C@@H](Cc1ccc([N+](=O)[O-])cc1)C(=O)N[C@@H](Cc1ccc([N+](=O)[O-])cc1)C(=O)O. The number of non-ortho nitro benzene ring substituents is 2. The molecule has 23 heteroatoms. The lowest BCUT2D eigenvalue weighted by molar-refractivity contribution is -0.385. The molecule has 7 atom stereocenters. The lowest BCUT2D eigenvalue weighted by Crippen LogP contribution is -2.61. The van der Waals surface area contributed by atoms with Crippen LogP contribution in [0.4, 0.5) is 11.4 Å². The predicted molar refractivity (Wildman–Crippen MR) is 247 cm³/mol. The molecule has 0 spiro atoms. The Bertz CT molecular complexity index is 2210. The Hall–Kier alpha value is -7.14. The third kappa shape index (κ3) is 17.6. The summed E-state index contributed by atoms with van der Waals surface area (Å²) in [6.07, 6.45) is 0.293. The molecule has 3 aromatic carbocycles. The van der Waals surface area contributed by atoms with E-state index in [9.17, 15) is 64.0 Å². The van der Waals surface area contributed by atoms with Gasteiger partial charge in [-0.3, -0.25) is 49.0 Å². The van der Waals surface area contributed by atoms with Crippen LogP contribution >= 0.6 is 12.6 Å². The van der Waals surface area contributed by atoms with E-state index in [1.165, 1.54) is 79.7 Å². The smallest absolute Gasteiger partial charge is 0.326 e. The van der Waals surface area contributed by atoms with Crippen molar-refractivity contribution in [2.24, 2.45) is 11.7 Å². The van der Waals surface area contributed by atoms with Crippen LogP contribution in [0.3, 0.4) is 0 Å². The Morgan fingerprint density at radius 2 is 1.01 bits per heavy atom. The number of carbonyl (C=O) groups excluding carboxylic acids is 6. The van der Waals surface area contributed by atoms with Crippen molar-refractivity contribution < 1.29 is 53.6 Å². The number of unbranched alkanes of at least 4 members (excludes halogenated alkanes) is 1. The van der Waals surface area contributed by atoms with Gasteiger partial charge in [-0.05, 0) is 60.5 Å². The van der Waals surface area contributed by atoms with Crippen LogP contribution in [0.2, 0.25) is 0 Å². The van der Waals surface area contributed by atoms with Gasteiger partial charge < -0.3 is 47.8 Å². The van der Waals surface area contributed by atoms with E-state index in [1.807, 2.05) is 0 Å². The Morgan fingerprint density at radius 3 is 1.43 bits per heavy atom. The van der Waals surface area contributed by atoms with Gasteiger partial charge in [0.2, 0.25) is 35.4 Å². The first-order chi connectivity index (χ1) is 31.8. The summed E-state index contributed by atoms with van der Waals surface area (Å²) in [6.45, 7) is 4.91. The molecule has 10 N–H and O–H groups in total. The number of benzene rings is 3. The molecule has 0 aromatic heterocycles. The van der Waals surface area contributed by atoms with Crippen molar-refractivity contribution in [2.45, 2.75) is 102 Å². The first-order valence-electron chi connectivity index (χ1n) is 21.3. The molecule has 1 unspecified atom stereocenters. The van der Waals surface area contributed by atoms with Crippen LogP contribution in [-0.4, -0.2) is 110 Å². The van der Waals surface area contributed by atoms with Crippen LogP contribution in [0.15, 0.2) is 72.8 Å². The maximum Gasteiger partial charge on any atom is 0.326 e. The largest absolute Gasteiger partial charge is 0.508 e. The van der Waals surface area contributed by atoms with Gasteiger partial charge in [-0.2, -0.15) is 12.6 Å². The molecule has 0 aliphatic heterocycles. The van der Waals surface area contributed by atoms with Crippen LogP contribution in [0.1, 0.15) is 63.1 Å². The van der Waals surface area contributed by atoms with E-state index in [0.717, 1.165) is 0 Å². The average molecular weight is 952 g/mol. The van der Waals surface area contributed by atoms with Crippen molar-refractivity contribution >= 4 is 65.4 Å². The summed E-state index contributed by atoms with van der Waals surface area (Å²) < 4.78 is 0. The number of nitro groups is 2. The van der Waals surface area contributed by atoms with Crippen LogP contribution in [-0.2, 0) is 52.8 Å². The van der Waals surface area contributed by atoms with Crippen LogP contribution in [0.25, 0.3) is 0 Å². The van der Waals surface area contributed by atoms with Crippen LogP contribution in [0, 0.1) is 26.1 Å². The number of phenols is 1. The Labute approximate surface area is 391 Å². The van der Waals surface area contributed by atoms with E-state index >= 15 is 0 Å². The maximum absolute atomic E-state index is 14.3. The Balaban J connectivity index is 1.99. The van der Waals surface area contributed by atoms with Gasteiger partial charge >= 0.3 is 5.97 Å². The number of amides is 6. The summed E-state index contributed by atoms with van der Waals surface area (Å²) in [6, 6.07) is 7.61. The number of hydrogen-bond acceptors (Lipinski definition) is 14. The number of carbonyl (C=O) groups is 7. The van der Waals surface area contributed by atoms with Gasteiger partial charge in [-0.1, -0.05) is 56.7 Å². The third-order valence-corrected chi connectivity index (χ3v) is 11.0. The number of hydrogen-bond donors (Lipinski definition) is 10. The van der Waals surface area contributed by atoms with Crippen molar-refractivity contribution in [3.05, 3.63) is 110 Å². The first kappa shape index (κ1) is 54.2. The van der Waals surface area contributed by atoms with Gasteiger partial charge in [0.05, 0.1) is 9.85 Å². The maximum atomic E-state index is 14.3. The number of carboxylic acid groups (broad SMARTS) is 1. The van der Waals surface area contributed by atoms with Crippen LogP contribution < -0.4 is 37.6 Å². The number of phenolic OH excluding ortho intramolecular Hbond substituents is 1. The van der Waals surface area contributed by atoms with Gasteiger partial charge in [0.25, 0.3) is 11.4 Å². The number of thiol groups is 1. The summed E-state index contributed by atoms with van der Waals surface area (Å²) >= 11 is 4.15. The second-order valence-electron chi connectivity index (χ2n) is 15.8. The summed E-state index contributed by atoms with van der Waals surface area (Å²) in [4.78, 5) is 115. The number of rotatable bonds is 27. The predicted octanol–water partition coefficient (Wildman–Crippen LogP) is 1.35. The van der Waals surface area contributed by atoms with E-state index in [0.29, 0.717) is 36.0 Å². The van der Waals surface area contributed by atoms with Crippen molar-refractivity contribution in [3.8, 4) is 5.75 Å². The minimum atomic E-state index is -1.59. The Kier molecular flexibility index (Phi) is 21.6. The number of carboxylic acids is 1. The summed E-state index contributed by atoms with van der Waals surface area (Å²) in [7, 11) is 0. The fourth-order valence-corrected chi connectivity index (χ4v) is 6.96. The molecular formula is C44H57N9O13S. The normalized spacial score (nSPS) is 14.0. The second-order valence-corrected chi connectivity index (χ2v) is 16.2. The molecular weight excluding hydrogens is 895 g/mol. The second kappa shape index (κ2) is 26.7. The third-order valence-electron chi connectivity index (χ3n) is 10.7. The standard InChI is InChI=1S/C44H57N9O13S/c1-4-25(2)38(51-42(59)37(24-67)46-26(3)54)43(60)49-35(22-29-12-18-32(55)19-13-29)40(57)47-33(7-5-6-20-45)39(56)48-34(21-27-8-14-30(15-9-27)52(63)64)41(58)50-36(44(61)62)23-28-10-16-31(17-11-28)53(65)66/h8-19,25,33-38,55,67H,4-7,20-24,45H2,1-3H3,(H,46,54)(H,47,57)(H,48,56)(H,49,60)(H,50,58)(H,51,59)(H,61,62)/t25?,33-,34-,35-,36-,37-,38-/m0/s1. The Morgan fingerprint density at radius 1 is 0.612 bits per heavy atom. The number of nitrogens with two attached hydrogens (primary N) is 1. The highest BCUT2D eigenvalue weighted by atomic mass is 32.1. The topological polar surface area (TPSA) is 344 Å². The van der Waals surface area contributed by atoms with Gasteiger partial charge in [-0.25, -0.2) is 4.79 Å².